The Balaban J connectivity index is 1.53. The third-order valence-electron chi connectivity index (χ3n) is 4.01. The Labute approximate surface area is 136 Å². The van der Waals surface area contributed by atoms with Gasteiger partial charge < -0.3 is 14.8 Å². The van der Waals surface area contributed by atoms with Gasteiger partial charge in [-0.15, -0.1) is 0 Å². The molecule has 0 radical (unpaired) electrons. The molecule has 1 N–H and O–H groups in total. The first kappa shape index (κ1) is 15.6. The van der Waals surface area contributed by atoms with E-state index in [9.17, 15) is 0 Å². The van der Waals surface area contributed by atoms with Crippen molar-refractivity contribution in [1.82, 2.24) is 14.9 Å². The van der Waals surface area contributed by atoms with Crippen molar-refractivity contribution in [3.63, 3.8) is 0 Å². The molecule has 1 aliphatic heterocycles. The molecular weight excluding hydrogens is 292 g/mol. The third-order valence-corrected chi connectivity index (χ3v) is 4.01. The molecule has 0 bridgehead atoms. The third kappa shape index (κ3) is 4.10. The number of methoxy groups -OCH3 is 2. The van der Waals surface area contributed by atoms with Gasteiger partial charge in [-0.05, 0) is 24.1 Å². The van der Waals surface area contributed by atoms with Crippen LogP contribution in [0.15, 0.2) is 36.5 Å². The van der Waals surface area contributed by atoms with Crippen LogP contribution in [0.3, 0.4) is 0 Å². The van der Waals surface area contributed by atoms with Crippen molar-refractivity contribution < 1.29 is 9.47 Å². The monoisotopic (exact) mass is 314 g/mol. The van der Waals surface area contributed by atoms with Crippen molar-refractivity contribution >= 4 is 5.95 Å². The minimum Gasteiger partial charge on any atom is -0.497 e. The number of anilines is 1. The van der Waals surface area contributed by atoms with Crippen LogP contribution in [0.25, 0.3) is 0 Å². The summed E-state index contributed by atoms with van der Waals surface area (Å²) in [6.07, 6.45) is 2.79. The maximum atomic E-state index is 5.19. The standard InChI is InChI=1S/C17H22N4O2/c1-22-15-5-3-13(4-6-15)11-21-10-8-14(12-21)19-17-18-9-7-16(20-17)23-2/h3-7,9,14H,8,10-12H2,1-2H3,(H,18,19,20). The van der Waals surface area contributed by atoms with E-state index in [2.05, 4.69) is 32.3 Å². The Morgan fingerprint density at radius 2 is 2.00 bits per heavy atom. The smallest absolute Gasteiger partial charge is 0.226 e. The number of likely N-dealkylation sites (tertiary alicyclic amines) is 1. The van der Waals surface area contributed by atoms with Crippen LogP contribution >= 0.6 is 0 Å². The van der Waals surface area contributed by atoms with Gasteiger partial charge in [-0.2, -0.15) is 4.98 Å². The number of nitrogens with zero attached hydrogens (tertiary/aromatic N) is 3. The first-order chi connectivity index (χ1) is 11.3. The van der Waals surface area contributed by atoms with E-state index in [1.54, 1.807) is 26.5 Å². The molecule has 6 nitrogen and oxygen atoms in total. The van der Waals surface area contributed by atoms with Crippen molar-refractivity contribution in [3.05, 3.63) is 42.1 Å². The number of hydrogen-bond acceptors (Lipinski definition) is 6. The fourth-order valence-electron chi connectivity index (χ4n) is 2.79. The lowest BCUT2D eigenvalue weighted by Gasteiger charge is -2.17. The largest absolute Gasteiger partial charge is 0.497 e. The van der Waals surface area contributed by atoms with Crippen LogP contribution in [0.5, 0.6) is 11.6 Å². The summed E-state index contributed by atoms with van der Waals surface area (Å²) in [6, 6.07) is 10.3. The lowest BCUT2D eigenvalue weighted by molar-refractivity contribution is 0.328. The Morgan fingerprint density at radius 3 is 2.74 bits per heavy atom. The van der Waals surface area contributed by atoms with E-state index in [4.69, 9.17) is 9.47 Å². The molecule has 0 spiro atoms. The molecule has 1 saturated heterocycles. The van der Waals surface area contributed by atoms with Gasteiger partial charge in [0.25, 0.3) is 0 Å². The first-order valence-corrected chi connectivity index (χ1v) is 7.75. The van der Waals surface area contributed by atoms with Crippen LogP contribution in [0, 0.1) is 0 Å². The van der Waals surface area contributed by atoms with Gasteiger partial charge >= 0.3 is 0 Å². The zero-order valence-electron chi connectivity index (χ0n) is 13.5. The number of nitrogens with one attached hydrogen (secondary N) is 1. The molecule has 1 aliphatic rings. The molecule has 3 rings (SSSR count). The second-order valence-electron chi connectivity index (χ2n) is 5.64. The van der Waals surface area contributed by atoms with E-state index < -0.39 is 0 Å². The van der Waals surface area contributed by atoms with E-state index in [0.29, 0.717) is 17.9 Å². The number of ether oxygens (including phenoxy) is 2. The Kier molecular flexibility index (Phi) is 4.92. The van der Waals surface area contributed by atoms with E-state index in [1.807, 2.05) is 12.1 Å². The highest BCUT2D eigenvalue weighted by molar-refractivity contribution is 5.30. The van der Waals surface area contributed by atoms with Gasteiger partial charge in [0.15, 0.2) is 0 Å². The topological polar surface area (TPSA) is 59.5 Å². The molecule has 1 atom stereocenters. The summed E-state index contributed by atoms with van der Waals surface area (Å²) in [5, 5.41) is 3.39. The SMILES string of the molecule is COc1ccc(CN2CCC(Nc3nccc(OC)n3)C2)cc1. The molecule has 0 aliphatic carbocycles. The molecule has 0 amide bonds. The molecule has 0 saturated carbocycles. The number of rotatable bonds is 6. The van der Waals surface area contributed by atoms with Crippen molar-refractivity contribution in [2.75, 3.05) is 32.6 Å². The summed E-state index contributed by atoms with van der Waals surface area (Å²) < 4.78 is 10.3. The fourth-order valence-corrected chi connectivity index (χ4v) is 2.79. The van der Waals surface area contributed by atoms with E-state index in [0.717, 1.165) is 31.8 Å². The zero-order chi connectivity index (χ0) is 16.1. The molecule has 23 heavy (non-hydrogen) atoms. The number of aromatic nitrogens is 2. The second-order valence-corrected chi connectivity index (χ2v) is 5.64. The van der Waals surface area contributed by atoms with Gasteiger partial charge in [0.2, 0.25) is 11.8 Å². The summed E-state index contributed by atoms with van der Waals surface area (Å²) in [5.74, 6) is 2.10. The van der Waals surface area contributed by atoms with Gasteiger partial charge in [-0.1, -0.05) is 12.1 Å². The van der Waals surface area contributed by atoms with Gasteiger partial charge in [-0.25, -0.2) is 4.98 Å². The predicted molar refractivity (Wildman–Crippen MR) is 88.9 cm³/mol. The number of benzene rings is 1. The van der Waals surface area contributed by atoms with Gasteiger partial charge in [0.05, 0.1) is 14.2 Å². The van der Waals surface area contributed by atoms with Crippen molar-refractivity contribution in [2.45, 2.75) is 19.0 Å². The molecule has 1 unspecified atom stereocenters. The molecule has 1 aromatic heterocycles. The second kappa shape index (κ2) is 7.28. The normalized spacial score (nSPS) is 17.9. The maximum absolute atomic E-state index is 5.19. The zero-order valence-corrected chi connectivity index (χ0v) is 13.5. The van der Waals surface area contributed by atoms with Crippen LogP contribution < -0.4 is 14.8 Å². The molecule has 6 heteroatoms. The van der Waals surface area contributed by atoms with Crippen LogP contribution in [-0.2, 0) is 6.54 Å². The Bertz CT molecular complexity index is 633. The quantitative estimate of drug-likeness (QED) is 0.882. The summed E-state index contributed by atoms with van der Waals surface area (Å²) in [7, 11) is 3.30. The average Bonchev–Trinajstić information content (AvgIpc) is 3.02. The lowest BCUT2D eigenvalue weighted by atomic mass is 10.2. The average molecular weight is 314 g/mol. The highest BCUT2D eigenvalue weighted by atomic mass is 16.5. The minimum absolute atomic E-state index is 0.361. The van der Waals surface area contributed by atoms with Crippen molar-refractivity contribution in [2.24, 2.45) is 0 Å². The fraction of sp³-hybridized carbons (Fsp3) is 0.412. The molecular formula is C17H22N4O2. The van der Waals surface area contributed by atoms with E-state index in [1.165, 1.54) is 5.56 Å². The van der Waals surface area contributed by atoms with Crippen molar-refractivity contribution in [3.8, 4) is 11.6 Å². The summed E-state index contributed by atoms with van der Waals surface area (Å²) in [5.41, 5.74) is 1.30. The van der Waals surface area contributed by atoms with Crippen LogP contribution in [0.1, 0.15) is 12.0 Å². The van der Waals surface area contributed by atoms with Gasteiger partial charge in [0.1, 0.15) is 5.75 Å². The number of hydrogen-bond donors (Lipinski definition) is 1. The van der Waals surface area contributed by atoms with Gasteiger partial charge in [0, 0.05) is 37.9 Å². The van der Waals surface area contributed by atoms with Crippen LogP contribution in [0.2, 0.25) is 0 Å². The minimum atomic E-state index is 0.361. The predicted octanol–water partition coefficient (Wildman–Crippen LogP) is 2.18. The van der Waals surface area contributed by atoms with Crippen LogP contribution in [-0.4, -0.2) is 48.2 Å². The van der Waals surface area contributed by atoms with Crippen LogP contribution in [0.4, 0.5) is 5.95 Å². The summed E-state index contributed by atoms with van der Waals surface area (Å²) in [6.45, 7) is 2.99. The molecule has 1 fully saturated rings. The van der Waals surface area contributed by atoms with Crippen molar-refractivity contribution in [1.29, 1.82) is 0 Å². The highest BCUT2D eigenvalue weighted by Gasteiger charge is 2.23. The Morgan fingerprint density at radius 1 is 1.17 bits per heavy atom. The summed E-state index contributed by atoms with van der Waals surface area (Å²) >= 11 is 0. The molecule has 2 aromatic rings. The molecule has 122 valence electrons. The van der Waals surface area contributed by atoms with E-state index >= 15 is 0 Å². The summed E-state index contributed by atoms with van der Waals surface area (Å²) in [4.78, 5) is 11.0. The molecule has 2 heterocycles. The van der Waals surface area contributed by atoms with E-state index in [-0.39, 0.29) is 0 Å². The lowest BCUT2D eigenvalue weighted by Crippen LogP contribution is -2.26. The first-order valence-electron chi connectivity index (χ1n) is 7.75. The van der Waals surface area contributed by atoms with Gasteiger partial charge in [-0.3, -0.25) is 4.90 Å². The Hall–Kier alpha value is -2.34. The maximum Gasteiger partial charge on any atom is 0.226 e. The highest BCUT2D eigenvalue weighted by Crippen LogP contribution is 2.18. The molecule has 1 aromatic carbocycles.